The zero-order valence-corrected chi connectivity index (χ0v) is 16.6. The van der Waals surface area contributed by atoms with Crippen LogP contribution in [-0.2, 0) is 19.0 Å². The van der Waals surface area contributed by atoms with Gasteiger partial charge in [0.2, 0.25) is 0 Å². The molecular formula is C20H29NO7. The number of aliphatic hydroxyl groups excluding tert-OH is 1. The van der Waals surface area contributed by atoms with Gasteiger partial charge < -0.3 is 28.9 Å². The first-order valence-electron chi connectivity index (χ1n) is 9.60. The van der Waals surface area contributed by atoms with Crippen LogP contribution < -0.4 is 4.74 Å². The molecule has 0 saturated carbocycles. The van der Waals surface area contributed by atoms with Crippen LogP contribution in [0, 0.1) is 0 Å². The Bertz CT molecular complexity index is 637. The molecular weight excluding hydrogens is 366 g/mol. The van der Waals surface area contributed by atoms with Crippen molar-refractivity contribution < 1.29 is 33.7 Å². The van der Waals surface area contributed by atoms with Crippen molar-refractivity contribution in [2.75, 3.05) is 32.9 Å². The lowest BCUT2D eigenvalue weighted by Gasteiger charge is -2.34. The van der Waals surface area contributed by atoms with Gasteiger partial charge in [0.05, 0.1) is 25.9 Å². The van der Waals surface area contributed by atoms with E-state index in [2.05, 4.69) is 0 Å². The largest absolute Gasteiger partial charge is 0.528 e. The van der Waals surface area contributed by atoms with E-state index in [0.29, 0.717) is 32.8 Å². The number of hydroxylamine groups is 2. The van der Waals surface area contributed by atoms with Gasteiger partial charge in [-0.3, -0.25) is 0 Å². The van der Waals surface area contributed by atoms with E-state index in [0.717, 1.165) is 11.3 Å². The normalized spacial score (nSPS) is 24.1. The van der Waals surface area contributed by atoms with E-state index in [9.17, 15) is 9.90 Å². The molecule has 2 atom stereocenters. The molecule has 1 aromatic carbocycles. The van der Waals surface area contributed by atoms with Crippen molar-refractivity contribution >= 4 is 6.16 Å². The molecule has 2 heterocycles. The maximum absolute atomic E-state index is 11.8. The van der Waals surface area contributed by atoms with Crippen LogP contribution in [0.25, 0.3) is 0 Å². The topological polar surface area (TPSA) is 86.7 Å². The monoisotopic (exact) mass is 395 g/mol. The Labute approximate surface area is 165 Å². The second-order valence-corrected chi connectivity index (χ2v) is 7.96. The molecule has 3 rings (SSSR count). The van der Waals surface area contributed by atoms with E-state index in [4.69, 9.17) is 23.8 Å². The SMILES string of the molecule is CC(C)(C)OC(=O)ON1CCC(c2ccc(OCC3OCCO3)cc2)C(O)C1. The van der Waals surface area contributed by atoms with Gasteiger partial charge in [0.1, 0.15) is 18.0 Å². The number of aliphatic hydroxyl groups is 1. The van der Waals surface area contributed by atoms with E-state index in [-0.39, 0.29) is 18.8 Å². The fourth-order valence-electron chi connectivity index (χ4n) is 3.23. The second-order valence-electron chi connectivity index (χ2n) is 7.96. The van der Waals surface area contributed by atoms with Crippen LogP contribution >= 0.6 is 0 Å². The number of nitrogens with zero attached hydrogens (tertiary/aromatic N) is 1. The van der Waals surface area contributed by atoms with Crippen molar-refractivity contribution in [2.45, 2.75) is 51.1 Å². The first-order valence-corrected chi connectivity index (χ1v) is 9.60. The number of carbonyl (C=O) groups excluding carboxylic acids is 1. The molecule has 2 unspecified atom stereocenters. The standard InChI is InChI=1S/C20H29NO7/c1-20(2,3)27-19(23)28-21-9-8-16(17(22)12-21)14-4-6-15(7-5-14)26-13-18-24-10-11-25-18/h4-7,16-18,22H,8-13H2,1-3H3. The first kappa shape index (κ1) is 20.9. The van der Waals surface area contributed by atoms with E-state index in [1.54, 1.807) is 20.8 Å². The summed E-state index contributed by atoms with van der Waals surface area (Å²) in [6.45, 7) is 7.63. The van der Waals surface area contributed by atoms with E-state index < -0.39 is 17.9 Å². The Balaban J connectivity index is 1.47. The third kappa shape index (κ3) is 6.07. The van der Waals surface area contributed by atoms with Gasteiger partial charge in [-0.2, -0.15) is 0 Å². The van der Waals surface area contributed by atoms with Gasteiger partial charge in [-0.25, -0.2) is 4.79 Å². The van der Waals surface area contributed by atoms with Crippen LogP contribution in [0.5, 0.6) is 5.75 Å². The Hall–Kier alpha value is -1.87. The highest BCUT2D eigenvalue weighted by atomic mass is 16.8. The maximum atomic E-state index is 11.8. The molecule has 156 valence electrons. The molecule has 8 nitrogen and oxygen atoms in total. The summed E-state index contributed by atoms with van der Waals surface area (Å²) in [6.07, 6.45) is -1.05. The highest BCUT2D eigenvalue weighted by molar-refractivity contribution is 5.60. The van der Waals surface area contributed by atoms with E-state index in [1.165, 1.54) is 5.06 Å². The minimum atomic E-state index is -0.755. The number of ether oxygens (including phenoxy) is 4. The molecule has 2 saturated heterocycles. The predicted molar refractivity (Wildman–Crippen MR) is 99.9 cm³/mol. The Morgan fingerprint density at radius 2 is 1.89 bits per heavy atom. The number of β-amino-alcohol motifs (C(OH)–C–C–N with tert-alkyl or cyclic N) is 1. The van der Waals surface area contributed by atoms with Gasteiger partial charge >= 0.3 is 6.16 Å². The van der Waals surface area contributed by atoms with Crippen LogP contribution in [0.1, 0.15) is 38.7 Å². The van der Waals surface area contributed by atoms with Gasteiger partial charge in [-0.1, -0.05) is 12.1 Å². The lowest BCUT2D eigenvalue weighted by Crippen LogP contribution is -2.44. The summed E-state index contributed by atoms with van der Waals surface area (Å²) in [7, 11) is 0. The summed E-state index contributed by atoms with van der Waals surface area (Å²) >= 11 is 0. The third-order valence-corrected chi connectivity index (χ3v) is 4.52. The summed E-state index contributed by atoms with van der Waals surface area (Å²) in [6, 6.07) is 7.65. The fourth-order valence-corrected chi connectivity index (χ4v) is 3.23. The number of carbonyl (C=O) groups is 1. The zero-order valence-electron chi connectivity index (χ0n) is 16.6. The first-order chi connectivity index (χ1) is 13.3. The molecule has 28 heavy (non-hydrogen) atoms. The Morgan fingerprint density at radius 1 is 1.21 bits per heavy atom. The molecule has 1 N–H and O–H groups in total. The molecule has 8 heteroatoms. The summed E-state index contributed by atoms with van der Waals surface area (Å²) in [5, 5.41) is 12.0. The molecule has 0 radical (unpaired) electrons. The second kappa shape index (κ2) is 9.09. The molecule has 0 bridgehead atoms. The third-order valence-electron chi connectivity index (χ3n) is 4.52. The van der Waals surface area contributed by atoms with Gasteiger partial charge in [0, 0.05) is 12.5 Å². The highest BCUT2D eigenvalue weighted by Gasteiger charge is 2.32. The average Bonchev–Trinajstić information content (AvgIpc) is 3.12. The molecule has 0 amide bonds. The zero-order chi connectivity index (χ0) is 20.1. The molecule has 2 fully saturated rings. The van der Waals surface area contributed by atoms with Crippen molar-refractivity contribution in [2.24, 2.45) is 0 Å². The van der Waals surface area contributed by atoms with Crippen LogP contribution in [0.15, 0.2) is 24.3 Å². The lowest BCUT2D eigenvalue weighted by molar-refractivity contribution is -0.170. The van der Waals surface area contributed by atoms with Crippen molar-refractivity contribution in [3.05, 3.63) is 29.8 Å². The summed E-state index contributed by atoms with van der Waals surface area (Å²) in [5.41, 5.74) is 0.401. The van der Waals surface area contributed by atoms with Crippen LogP contribution in [-0.4, -0.2) is 67.2 Å². The number of benzene rings is 1. The summed E-state index contributed by atoms with van der Waals surface area (Å²) < 4.78 is 21.5. The minimum Gasteiger partial charge on any atom is -0.488 e. The minimum absolute atomic E-state index is 0.0333. The van der Waals surface area contributed by atoms with Gasteiger partial charge in [0.25, 0.3) is 0 Å². The Morgan fingerprint density at radius 3 is 2.50 bits per heavy atom. The Kier molecular flexibility index (Phi) is 6.77. The van der Waals surface area contributed by atoms with Crippen molar-refractivity contribution in [3.63, 3.8) is 0 Å². The molecule has 2 aliphatic rings. The van der Waals surface area contributed by atoms with Crippen LogP contribution in [0.2, 0.25) is 0 Å². The molecule has 2 aliphatic heterocycles. The van der Waals surface area contributed by atoms with Gasteiger partial charge in [-0.15, -0.1) is 5.06 Å². The smallest absolute Gasteiger partial charge is 0.488 e. The van der Waals surface area contributed by atoms with Crippen molar-refractivity contribution in [3.8, 4) is 5.75 Å². The summed E-state index contributed by atoms with van der Waals surface area (Å²) in [4.78, 5) is 17.0. The lowest BCUT2D eigenvalue weighted by atomic mass is 9.88. The van der Waals surface area contributed by atoms with E-state index >= 15 is 0 Å². The predicted octanol–water partition coefficient (Wildman–Crippen LogP) is 2.46. The molecule has 1 aromatic rings. The number of hydrogen-bond acceptors (Lipinski definition) is 8. The fraction of sp³-hybridized carbons (Fsp3) is 0.650. The van der Waals surface area contributed by atoms with Crippen LogP contribution in [0.4, 0.5) is 4.79 Å². The van der Waals surface area contributed by atoms with E-state index in [1.807, 2.05) is 24.3 Å². The van der Waals surface area contributed by atoms with Crippen molar-refractivity contribution in [1.29, 1.82) is 0 Å². The van der Waals surface area contributed by atoms with Gasteiger partial charge in [-0.05, 0) is 44.9 Å². The highest BCUT2D eigenvalue weighted by Crippen LogP contribution is 2.30. The molecule has 0 aromatic heterocycles. The van der Waals surface area contributed by atoms with Crippen molar-refractivity contribution in [1.82, 2.24) is 5.06 Å². The molecule has 0 spiro atoms. The van der Waals surface area contributed by atoms with Crippen LogP contribution in [0.3, 0.4) is 0 Å². The number of rotatable bonds is 5. The maximum Gasteiger partial charge on any atom is 0.528 e. The molecule has 0 aliphatic carbocycles. The average molecular weight is 395 g/mol. The van der Waals surface area contributed by atoms with Gasteiger partial charge in [0.15, 0.2) is 6.29 Å². The number of piperidine rings is 1. The summed E-state index contributed by atoms with van der Waals surface area (Å²) in [5.74, 6) is 0.692. The quantitative estimate of drug-likeness (QED) is 0.761. The number of hydrogen-bond donors (Lipinski definition) is 1.